The maximum Gasteiger partial charge on any atom is 0.330 e. The number of fused-ring (bicyclic) bond motifs is 1. The molecule has 126 valence electrons. The third kappa shape index (κ3) is 2.53. The molecule has 12 heteroatoms. The van der Waals surface area contributed by atoms with E-state index in [-0.39, 0.29) is 12.4 Å². The Morgan fingerprint density at radius 3 is 2.23 bits per heavy atom. The van der Waals surface area contributed by atoms with Crippen LogP contribution in [-0.4, -0.2) is 70.8 Å². The highest BCUT2D eigenvalue weighted by Crippen LogP contribution is 2.57. The summed E-state index contributed by atoms with van der Waals surface area (Å²) in [6, 6.07) is -1.43. The number of amides is 1. The zero-order valence-corrected chi connectivity index (χ0v) is 12.6. The third-order valence-electron chi connectivity index (χ3n) is 3.91. The van der Waals surface area contributed by atoms with E-state index in [1.54, 1.807) is 0 Å². The van der Waals surface area contributed by atoms with Gasteiger partial charge in [0.1, 0.15) is 6.04 Å². The average Bonchev–Trinajstić information content (AvgIpc) is 3.08. The van der Waals surface area contributed by atoms with Crippen LogP contribution in [0.1, 0.15) is 0 Å². The zero-order valence-electron chi connectivity index (χ0n) is 11.0. The molecule has 6 N–H and O–H groups in total. The highest BCUT2D eigenvalue weighted by atomic mass is 35.5. The van der Waals surface area contributed by atoms with Crippen LogP contribution in [0, 0.1) is 11.8 Å². The number of carboxylic acid groups (broad SMARTS) is 2. The molecule has 1 aliphatic heterocycles. The van der Waals surface area contributed by atoms with Gasteiger partial charge in [-0.05, 0) is 0 Å². The molecule has 2 aliphatic rings. The van der Waals surface area contributed by atoms with Gasteiger partial charge in [-0.2, -0.15) is 0 Å². The Kier molecular flexibility index (Phi) is 4.78. The molecular formula is C10H15ClN2O8S. The van der Waals surface area contributed by atoms with Crippen LogP contribution < -0.4 is 11.1 Å². The Morgan fingerprint density at radius 2 is 1.86 bits per heavy atom. The number of carbonyl (C=O) groups excluding carboxylic acids is 1. The largest absolute Gasteiger partial charge is 0.481 e. The Labute approximate surface area is 131 Å². The normalized spacial score (nSPS) is 35.6. The first-order valence-electron chi connectivity index (χ1n) is 5.94. The summed E-state index contributed by atoms with van der Waals surface area (Å²) in [6.07, 6.45) is 0. The number of hydrogen-bond acceptors (Lipinski definition) is 7. The van der Waals surface area contributed by atoms with Crippen molar-refractivity contribution in [3.8, 4) is 0 Å². The van der Waals surface area contributed by atoms with Crippen LogP contribution in [0.15, 0.2) is 0 Å². The molecule has 1 aliphatic carbocycles. The van der Waals surface area contributed by atoms with Crippen molar-refractivity contribution in [3.05, 3.63) is 0 Å². The topological polar surface area (TPSA) is 184 Å². The Balaban J connectivity index is 0.00000242. The lowest BCUT2D eigenvalue weighted by Gasteiger charge is -2.28. The van der Waals surface area contributed by atoms with E-state index in [1.165, 1.54) is 0 Å². The molecule has 0 spiro atoms. The fourth-order valence-electron chi connectivity index (χ4n) is 2.89. The minimum absolute atomic E-state index is 0. The van der Waals surface area contributed by atoms with E-state index in [9.17, 15) is 27.9 Å². The molecule has 1 saturated carbocycles. The lowest BCUT2D eigenvalue weighted by atomic mass is 9.93. The standard InChI is InChI=1S/C10H14N2O8S.ClH/c11-3(1-13)7(14)12-10(9(17)18)2-21(19,20)6-4(5(6)10)8(15)16;/h3-6,13H,1-2,11H2,(H,12,14)(H,15,16)(H,17,18);1H/t3-,4+,5+,6-,10-;/m0./s1. The SMILES string of the molecule is Cl.N[C@@H](CO)C(=O)N[C@@]1(C(=O)O)CS(=O)(=O)[C@H]2[C@H](C(=O)O)[C@H]21. The van der Waals surface area contributed by atoms with Crippen LogP contribution in [0.3, 0.4) is 0 Å². The molecule has 0 aromatic rings. The van der Waals surface area contributed by atoms with Gasteiger partial charge in [-0.3, -0.25) is 9.59 Å². The van der Waals surface area contributed by atoms with Gasteiger partial charge in [0.05, 0.1) is 23.5 Å². The summed E-state index contributed by atoms with van der Waals surface area (Å²) in [5.74, 6) is -7.62. The number of halogens is 1. The molecule has 22 heavy (non-hydrogen) atoms. The second-order valence-corrected chi connectivity index (χ2v) is 7.38. The Bertz CT molecular complexity index is 622. The van der Waals surface area contributed by atoms with Gasteiger partial charge in [0.15, 0.2) is 15.4 Å². The second-order valence-electron chi connectivity index (χ2n) is 5.22. The van der Waals surface area contributed by atoms with Crippen LogP contribution in [-0.2, 0) is 24.2 Å². The van der Waals surface area contributed by atoms with Gasteiger partial charge < -0.3 is 26.4 Å². The molecule has 1 amide bonds. The van der Waals surface area contributed by atoms with Crippen molar-refractivity contribution < 1.29 is 38.1 Å². The molecular weight excluding hydrogens is 344 g/mol. The van der Waals surface area contributed by atoms with E-state index >= 15 is 0 Å². The van der Waals surface area contributed by atoms with Gasteiger partial charge in [-0.25, -0.2) is 13.2 Å². The Hall–Kier alpha value is -1.43. The molecule has 1 saturated heterocycles. The molecule has 10 nitrogen and oxygen atoms in total. The quantitative estimate of drug-likeness (QED) is 0.337. The van der Waals surface area contributed by atoms with Gasteiger partial charge >= 0.3 is 11.9 Å². The predicted octanol–water partition coefficient (Wildman–Crippen LogP) is -3.20. The maximum absolute atomic E-state index is 11.9. The minimum Gasteiger partial charge on any atom is -0.481 e. The van der Waals surface area contributed by atoms with E-state index in [0.29, 0.717) is 0 Å². The first-order valence-corrected chi connectivity index (χ1v) is 7.66. The van der Waals surface area contributed by atoms with Crippen molar-refractivity contribution in [3.63, 3.8) is 0 Å². The number of carboxylic acids is 2. The average molecular weight is 359 g/mol. The van der Waals surface area contributed by atoms with Crippen molar-refractivity contribution in [2.75, 3.05) is 12.4 Å². The number of hydrogen-bond donors (Lipinski definition) is 5. The van der Waals surface area contributed by atoms with Gasteiger partial charge in [-0.1, -0.05) is 0 Å². The number of sulfone groups is 1. The van der Waals surface area contributed by atoms with Crippen LogP contribution in [0.5, 0.6) is 0 Å². The van der Waals surface area contributed by atoms with Gasteiger partial charge in [0.25, 0.3) is 0 Å². The fourth-order valence-corrected chi connectivity index (χ4v) is 5.60. The zero-order chi connectivity index (χ0) is 16.2. The highest BCUT2D eigenvalue weighted by Gasteiger charge is 2.79. The van der Waals surface area contributed by atoms with E-state index in [4.69, 9.17) is 15.9 Å². The minimum atomic E-state index is -3.96. The van der Waals surface area contributed by atoms with E-state index < -0.39 is 68.7 Å². The van der Waals surface area contributed by atoms with Crippen molar-refractivity contribution in [1.29, 1.82) is 0 Å². The van der Waals surface area contributed by atoms with Gasteiger partial charge in [0, 0.05) is 5.92 Å². The first-order chi connectivity index (χ1) is 9.58. The summed E-state index contributed by atoms with van der Waals surface area (Å²) >= 11 is 0. The molecule has 5 atom stereocenters. The monoisotopic (exact) mass is 358 g/mol. The summed E-state index contributed by atoms with van der Waals surface area (Å²) in [6.45, 7) is -0.759. The molecule has 2 rings (SSSR count). The molecule has 0 unspecified atom stereocenters. The van der Waals surface area contributed by atoms with Gasteiger partial charge in [-0.15, -0.1) is 12.4 Å². The van der Waals surface area contributed by atoms with Crippen molar-refractivity contribution in [2.24, 2.45) is 17.6 Å². The van der Waals surface area contributed by atoms with Crippen LogP contribution in [0.2, 0.25) is 0 Å². The lowest BCUT2D eigenvalue weighted by molar-refractivity contribution is -0.148. The van der Waals surface area contributed by atoms with Crippen molar-refractivity contribution in [2.45, 2.75) is 16.8 Å². The van der Waals surface area contributed by atoms with Crippen LogP contribution in [0.4, 0.5) is 0 Å². The second kappa shape index (κ2) is 5.65. The molecule has 2 fully saturated rings. The number of carbonyl (C=O) groups is 3. The van der Waals surface area contributed by atoms with Crippen LogP contribution >= 0.6 is 12.4 Å². The summed E-state index contributed by atoms with van der Waals surface area (Å²) in [5.41, 5.74) is 3.03. The highest BCUT2D eigenvalue weighted by molar-refractivity contribution is 7.92. The fraction of sp³-hybridized carbons (Fsp3) is 0.700. The summed E-state index contributed by atoms with van der Waals surface area (Å²) in [7, 11) is -3.96. The van der Waals surface area contributed by atoms with Crippen molar-refractivity contribution in [1.82, 2.24) is 5.32 Å². The van der Waals surface area contributed by atoms with E-state index in [1.807, 2.05) is 5.32 Å². The number of nitrogens with one attached hydrogen (secondary N) is 1. The summed E-state index contributed by atoms with van der Waals surface area (Å²) < 4.78 is 23.8. The third-order valence-corrected chi connectivity index (χ3v) is 6.19. The number of aliphatic hydroxyl groups is 1. The number of nitrogens with two attached hydrogens (primary N) is 1. The number of aliphatic hydroxyl groups excluding tert-OH is 1. The van der Waals surface area contributed by atoms with Gasteiger partial charge in [0.2, 0.25) is 5.91 Å². The van der Waals surface area contributed by atoms with Crippen LogP contribution in [0.25, 0.3) is 0 Å². The smallest absolute Gasteiger partial charge is 0.330 e. The molecule has 1 heterocycles. The molecule has 0 radical (unpaired) electrons. The van der Waals surface area contributed by atoms with E-state index in [0.717, 1.165) is 0 Å². The molecule has 0 aromatic carbocycles. The lowest BCUT2D eigenvalue weighted by Crippen LogP contribution is -2.62. The predicted molar refractivity (Wildman–Crippen MR) is 73.0 cm³/mol. The van der Waals surface area contributed by atoms with Crippen molar-refractivity contribution >= 4 is 40.1 Å². The summed E-state index contributed by atoms with van der Waals surface area (Å²) in [4.78, 5) is 34.2. The summed E-state index contributed by atoms with van der Waals surface area (Å²) in [5, 5.41) is 27.7. The number of rotatable bonds is 5. The Morgan fingerprint density at radius 1 is 1.32 bits per heavy atom. The molecule has 0 aromatic heterocycles. The maximum atomic E-state index is 11.9. The van der Waals surface area contributed by atoms with E-state index in [2.05, 4.69) is 0 Å². The molecule has 0 bridgehead atoms. The number of aliphatic carboxylic acids is 2. The first kappa shape index (κ1) is 18.6.